The second-order valence-corrected chi connectivity index (χ2v) is 2.95. The van der Waals surface area contributed by atoms with E-state index in [0.717, 1.165) is 16.7 Å². The first-order valence-corrected chi connectivity index (χ1v) is 4.18. The third-order valence-electron chi connectivity index (χ3n) is 2.03. The average Bonchev–Trinajstić information content (AvgIpc) is 2.59. The summed E-state index contributed by atoms with van der Waals surface area (Å²) in [6.45, 7) is 3.62. The fraction of sp³-hybridized carbons (Fsp3) is 0.0909. The van der Waals surface area contributed by atoms with Crippen LogP contribution in [0.25, 0.3) is 11.0 Å². The van der Waals surface area contributed by atoms with Crippen molar-refractivity contribution in [3.05, 3.63) is 48.7 Å². The molecule has 0 aliphatic carbocycles. The molecule has 13 heavy (non-hydrogen) atoms. The van der Waals surface area contributed by atoms with Crippen LogP contribution in [0, 0.1) is 0 Å². The molecule has 0 saturated heterocycles. The van der Waals surface area contributed by atoms with Crippen LogP contribution >= 0.6 is 0 Å². The number of furan rings is 1. The van der Waals surface area contributed by atoms with E-state index in [1.807, 2.05) is 30.3 Å². The third kappa shape index (κ3) is 1.36. The fourth-order valence-electron chi connectivity index (χ4n) is 1.28. The van der Waals surface area contributed by atoms with Crippen LogP contribution in [0.15, 0.2) is 47.4 Å². The molecule has 0 fully saturated rings. The zero-order valence-electron chi connectivity index (χ0n) is 7.23. The lowest BCUT2D eigenvalue weighted by atomic mass is 10.2. The zero-order valence-corrected chi connectivity index (χ0v) is 7.23. The second kappa shape index (κ2) is 3.07. The van der Waals surface area contributed by atoms with Crippen molar-refractivity contribution in [3.8, 4) is 0 Å². The fourth-order valence-corrected chi connectivity index (χ4v) is 1.28. The van der Waals surface area contributed by atoms with Gasteiger partial charge >= 0.3 is 0 Å². The molecule has 0 aliphatic heterocycles. The first-order valence-electron chi connectivity index (χ1n) is 4.18. The number of hydrogen-bond donors (Lipinski definition) is 1. The summed E-state index contributed by atoms with van der Waals surface area (Å²) in [4.78, 5) is 0. The number of benzene rings is 1. The predicted octanol–water partition coefficient (Wildman–Crippen LogP) is 2.62. The van der Waals surface area contributed by atoms with Gasteiger partial charge in [-0.2, -0.15) is 0 Å². The van der Waals surface area contributed by atoms with Gasteiger partial charge in [-0.05, 0) is 12.1 Å². The summed E-state index contributed by atoms with van der Waals surface area (Å²) < 4.78 is 5.52. The van der Waals surface area contributed by atoms with E-state index in [2.05, 4.69) is 6.58 Å². The van der Waals surface area contributed by atoms with Gasteiger partial charge in [-0.1, -0.05) is 24.3 Å². The molecule has 1 aromatic heterocycles. The maximum absolute atomic E-state index is 5.75. The summed E-state index contributed by atoms with van der Waals surface area (Å²) in [6.07, 6.45) is 1.66. The Morgan fingerprint density at radius 2 is 2.15 bits per heavy atom. The van der Waals surface area contributed by atoms with Gasteiger partial charge in [-0.25, -0.2) is 0 Å². The number of para-hydroxylation sites is 1. The molecule has 2 N–H and O–H groups in total. The highest BCUT2D eigenvalue weighted by Crippen LogP contribution is 2.22. The van der Waals surface area contributed by atoms with Gasteiger partial charge in [-0.3, -0.25) is 0 Å². The van der Waals surface area contributed by atoms with Crippen molar-refractivity contribution in [1.29, 1.82) is 0 Å². The summed E-state index contributed by atoms with van der Waals surface area (Å²) in [7, 11) is 0. The van der Waals surface area contributed by atoms with Crippen molar-refractivity contribution < 1.29 is 4.42 Å². The van der Waals surface area contributed by atoms with E-state index in [9.17, 15) is 0 Å². The SMILES string of the molecule is C=C[C@@H](N)c1cc2ccccc2o1. The van der Waals surface area contributed by atoms with Crippen molar-refractivity contribution in [2.75, 3.05) is 0 Å². The molecule has 0 aliphatic rings. The number of hydrogen-bond acceptors (Lipinski definition) is 2. The highest BCUT2D eigenvalue weighted by atomic mass is 16.3. The van der Waals surface area contributed by atoms with Gasteiger partial charge < -0.3 is 10.2 Å². The van der Waals surface area contributed by atoms with Gasteiger partial charge in [0.2, 0.25) is 0 Å². The van der Waals surface area contributed by atoms with E-state index in [-0.39, 0.29) is 6.04 Å². The maximum atomic E-state index is 5.75. The third-order valence-corrected chi connectivity index (χ3v) is 2.03. The van der Waals surface area contributed by atoms with Crippen molar-refractivity contribution in [2.45, 2.75) is 6.04 Å². The maximum Gasteiger partial charge on any atom is 0.134 e. The molecule has 2 nitrogen and oxygen atoms in total. The molecule has 0 amide bonds. The average molecular weight is 173 g/mol. The summed E-state index contributed by atoms with van der Waals surface area (Å²) in [5, 5.41) is 1.08. The van der Waals surface area contributed by atoms with Gasteiger partial charge in [0, 0.05) is 5.39 Å². The van der Waals surface area contributed by atoms with Crippen molar-refractivity contribution >= 4 is 11.0 Å². The van der Waals surface area contributed by atoms with Crippen LogP contribution in [0.3, 0.4) is 0 Å². The molecule has 0 spiro atoms. The minimum atomic E-state index is -0.215. The van der Waals surface area contributed by atoms with Gasteiger partial charge in [0.15, 0.2) is 0 Å². The van der Waals surface area contributed by atoms with Crippen LogP contribution in [0.2, 0.25) is 0 Å². The van der Waals surface area contributed by atoms with Crippen LogP contribution < -0.4 is 5.73 Å². The number of rotatable bonds is 2. The Bertz CT molecular complexity index is 397. The molecule has 2 aromatic rings. The largest absolute Gasteiger partial charge is 0.459 e. The minimum absolute atomic E-state index is 0.215. The van der Waals surface area contributed by atoms with Gasteiger partial charge in [-0.15, -0.1) is 6.58 Å². The second-order valence-electron chi connectivity index (χ2n) is 2.95. The molecular formula is C11H11NO. The lowest BCUT2D eigenvalue weighted by Crippen LogP contribution is -2.04. The summed E-state index contributed by atoms with van der Waals surface area (Å²) >= 11 is 0. The molecule has 0 bridgehead atoms. The smallest absolute Gasteiger partial charge is 0.134 e. The topological polar surface area (TPSA) is 39.2 Å². The first-order chi connectivity index (χ1) is 6.31. The Morgan fingerprint density at radius 1 is 1.38 bits per heavy atom. The van der Waals surface area contributed by atoms with E-state index in [1.165, 1.54) is 0 Å². The Morgan fingerprint density at radius 3 is 2.85 bits per heavy atom. The van der Waals surface area contributed by atoms with Crippen LogP contribution in [0.5, 0.6) is 0 Å². The standard InChI is InChI=1S/C11H11NO/c1-2-9(12)11-7-8-5-3-4-6-10(8)13-11/h2-7,9H,1,12H2/t9-/m1/s1. The molecule has 1 heterocycles. The molecule has 66 valence electrons. The van der Waals surface area contributed by atoms with Gasteiger partial charge in [0.05, 0.1) is 6.04 Å². The van der Waals surface area contributed by atoms with Crippen LogP contribution in [0.4, 0.5) is 0 Å². The highest BCUT2D eigenvalue weighted by Gasteiger charge is 2.07. The molecule has 1 aromatic carbocycles. The molecule has 0 saturated carbocycles. The van der Waals surface area contributed by atoms with E-state index in [4.69, 9.17) is 10.2 Å². The molecule has 0 radical (unpaired) electrons. The van der Waals surface area contributed by atoms with Gasteiger partial charge in [0.25, 0.3) is 0 Å². The molecule has 0 unspecified atom stereocenters. The van der Waals surface area contributed by atoms with Crippen LogP contribution in [-0.4, -0.2) is 0 Å². The van der Waals surface area contributed by atoms with Crippen LogP contribution in [-0.2, 0) is 0 Å². The van der Waals surface area contributed by atoms with Gasteiger partial charge in [0.1, 0.15) is 11.3 Å². The monoisotopic (exact) mass is 173 g/mol. The number of fused-ring (bicyclic) bond motifs is 1. The molecular weight excluding hydrogens is 162 g/mol. The lowest BCUT2D eigenvalue weighted by molar-refractivity contribution is 0.530. The van der Waals surface area contributed by atoms with Crippen LogP contribution in [0.1, 0.15) is 11.8 Å². The molecule has 2 rings (SSSR count). The normalized spacial score (nSPS) is 13.0. The zero-order chi connectivity index (χ0) is 9.26. The Labute approximate surface area is 76.7 Å². The van der Waals surface area contributed by atoms with Crippen molar-refractivity contribution in [2.24, 2.45) is 5.73 Å². The minimum Gasteiger partial charge on any atom is -0.459 e. The summed E-state index contributed by atoms with van der Waals surface area (Å²) in [5.74, 6) is 0.760. The van der Waals surface area contributed by atoms with E-state index in [1.54, 1.807) is 6.08 Å². The van der Waals surface area contributed by atoms with Crippen molar-refractivity contribution in [3.63, 3.8) is 0 Å². The Balaban J connectivity index is 2.55. The van der Waals surface area contributed by atoms with E-state index >= 15 is 0 Å². The van der Waals surface area contributed by atoms with E-state index in [0.29, 0.717) is 0 Å². The highest BCUT2D eigenvalue weighted by molar-refractivity contribution is 5.77. The molecule has 2 heteroatoms. The lowest BCUT2D eigenvalue weighted by Gasteiger charge is -1.98. The predicted molar refractivity (Wildman–Crippen MR) is 53.3 cm³/mol. The van der Waals surface area contributed by atoms with Crippen molar-refractivity contribution in [1.82, 2.24) is 0 Å². The van der Waals surface area contributed by atoms with E-state index < -0.39 is 0 Å². The Hall–Kier alpha value is -1.54. The molecule has 1 atom stereocenters. The first kappa shape index (κ1) is 8.08. The Kier molecular flexibility index (Phi) is 1.91. The summed E-state index contributed by atoms with van der Waals surface area (Å²) in [5.41, 5.74) is 6.62. The quantitative estimate of drug-likeness (QED) is 0.709. The summed E-state index contributed by atoms with van der Waals surface area (Å²) in [6, 6.07) is 9.57. The number of nitrogens with two attached hydrogens (primary N) is 1.